The maximum Gasteiger partial charge on any atom is 0.220 e. The van der Waals surface area contributed by atoms with E-state index in [1.165, 1.54) is 38.5 Å². The van der Waals surface area contributed by atoms with Gasteiger partial charge in [-0.1, -0.05) is 11.8 Å². The molecule has 1 N–H and O–H groups in total. The van der Waals surface area contributed by atoms with Crippen LogP contribution in [0.25, 0.3) is 0 Å². The molecular weight excluding hydrogens is 354 g/mol. The number of thioether (sulfide) groups is 1. The summed E-state index contributed by atoms with van der Waals surface area (Å²) in [5, 5.41) is 4.20. The van der Waals surface area contributed by atoms with Crippen molar-refractivity contribution in [2.24, 2.45) is 23.2 Å². The highest BCUT2D eigenvalue weighted by molar-refractivity contribution is 7.98. The molecule has 1 heterocycles. The number of aromatic nitrogens is 2. The van der Waals surface area contributed by atoms with Crippen LogP contribution in [0, 0.1) is 37.0 Å². The van der Waals surface area contributed by atoms with Gasteiger partial charge in [0.15, 0.2) is 5.16 Å². The van der Waals surface area contributed by atoms with Crippen molar-refractivity contribution in [3.8, 4) is 0 Å². The predicted molar refractivity (Wildman–Crippen MR) is 110 cm³/mol. The quantitative estimate of drug-likeness (QED) is 0.578. The number of aryl methyl sites for hydroxylation is 2. The fourth-order valence-electron chi connectivity index (χ4n) is 6.58. The zero-order valence-corrected chi connectivity index (χ0v) is 18.0. The number of nitrogens with zero attached hydrogens (tertiary/aromatic N) is 2. The summed E-state index contributed by atoms with van der Waals surface area (Å²) < 4.78 is 0. The monoisotopic (exact) mass is 387 g/mol. The van der Waals surface area contributed by atoms with Gasteiger partial charge in [0, 0.05) is 23.9 Å². The number of rotatable bonds is 6. The van der Waals surface area contributed by atoms with Crippen LogP contribution >= 0.6 is 11.8 Å². The molecular formula is C22H33N3OS. The highest BCUT2D eigenvalue weighted by atomic mass is 32.2. The van der Waals surface area contributed by atoms with Crippen molar-refractivity contribution in [2.75, 3.05) is 6.26 Å². The Kier molecular flexibility index (Phi) is 5.26. The van der Waals surface area contributed by atoms with Gasteiger partial charge in [-0.15, -0.1) is 0 Å². The first-order valence-electron chi connectivity index (χ1n) is 10.6. The molecule has 4 aliphatic carbocycles. The lowest BCUT2D eigenvalue weighted by Gasteiger charge is -2.59. The SMILES string of the molecule is CSc1nc(C)c(CCC(=O)N[C@H](C)C23CC4CC(CC(C4)C2)C3)c(C)n1. The first-order chi connectivity index (χ1) is 12.9. The molecule has 1 aromatic rings. The first-order valence-corrected chi connectivity index (χ1v) is 11.8. The van der Waals surface area contributed by atoms with Crippen LogP contribution in [0.15, 0.2) is 5.16 Å². The van der Waals surface area contributed by atoms with Gasteiger partial charge in [0.05, 0.1) is 0 Å². The molecule has 4 nitrogen and oxygen atoms in total. The highest BCUT2D eigenvalue weighted by Crippen LogP contribution is 2.61. The maximum absolute atomic E-state index is 12.7. The Labute approximate surface area is 167 Å². The van der Waals surface area contributed by atoms with E-state index in [0.717, 1.165) is 46.3 Å². The smallest absolute Gasteiger partial charge is 0.220 e. The van der Waals surface area contributed by atoms with Gasteiger partial charge in [0.25, 0.3) is 0 Å². The first kappa shape index (κ1) is 19.2. The molecule has 0 spiro atoms. The van der Waals surface area contributed by atoms with Crippen molar-refractivity contribution in [1.82, 2.24) is 15.3 Å². The summed E-state index contributed by atoms with van der Waals surface area (Å²) in [7, 11) is 0. The zero-order valence-electron chi connectivity index (χ0n) is 17.2. The minimum Gasteiger partial charge on any atom is -0.353 e. The minimum atomic E-state index is 0.186. The second-order valence-corrected chi connectivity index (χ2v) is 10.2. The van der Waals surface area contributed by atoms with Crippen molar-refractivity contribution in [2.45, 2.75) is 83.3 Å². The Hall–Kier alpha value is -1.10. The molecule has 0 unspecified atom stereocenters. The Morgan fingerprint density at radius 2 is 1.63 bits per heavy atom. The molecule has 0 aromatic carbocycles. The summed E-state index contributed by atoms with van der Waals surface area (Å²) in [5.41, 5.74) is 3.52. The van der Waals surface area contributed by atoms with Crippen LogP contribution in [-0.2, 0) is 11.2 Å². The van der Waals surface area contributed by atoms with Gasteiger partial charge in [-0.05, 0) is 101 Å². The minimum absolute atomic E-state index is 0.186. The fourth-order valence-corrected chi connectivity index (χ4v) is 7.03. The molecule has 5 rings (SSSR count). The van der Waals surface area contributed by atoms with Crippen LogP contribution in [0.5, 0.6) is 0 Å². The van der Waals surface area contributed by atoms with E-state index in [2.05, 4.69) is 22.2 Å². The van der Waals surface area contributed by atoms with E-state index < -0.39 is 0 Å². The van der Waals surface area contributed by atoms with Crippen LogP contribution in [0.1, 0.15) is 68.8 Å². The normalized spacial score (nSPS) is 32.5. The molecule has 1 aromatic heterocycles. The van der Waals surface area contributed by atoms with Crippen molar-refractivity contribution < 1.29 is 4.79 Å². The highest BCUT2D eigenvalue weighted by Gasteiger charge is 2.53. The van der Waals surface area contributed by atoms with E-state index in [-0.39, 0.29) is 5.91 Å². The number of hydrogen-bond acceptors (Lipinski definition) is 4. The Morgan fingerprint density at radius 1 is 1.11 bits per heavy atom. The molecule has 1 atom stereocenters. The van der Waals surface area contributed by atoms with E-state index >= 15 is 0 Å². The molecule has 27 heavy (non-hydrogen) atoms. The molecule has 0 radical (unpaired) electrons. The molecule has 4 saturated carbocycles. The van der Waals surface area contributed by atoms with Gasteiger partial charge in [-0.2, -0.15) is 0 Å². The largest absolute Gasteiger partial charge is 0.353 e. The molecule has 5 heteroatoms. The third kappa shape index (κ3) is 3.76. The van der Waals surface area contributed by atoms with Gasteiger partial charge in [-0.3, -0.25) is 4.79 Å². The number of amides is 1. The molecule has 1 amide bonds. The molecule has 4 fully saturated rings. The van der Waals surface area contributed by atoms with E-state index in [1.807, 2.05) is 20.1 Å². The predicted octanol–water partition coefficient (Wildman–Crippen LogP) is 4.47. The average Bonchev–Trinajstić information content (AvgIpc) is 2.59. The van der Waals surface area contributed by atoms with Crippen LogP contribution in [0.2, 0.25) is 0 Å². The van der Waals surface area contributed by atoms with Crippen molar-refractivity contribution in [3.05, 3.63) is 17.0 Å². The topological polar surface area (TPSA) is 54.9 Å². The van der Waals surface area contributed by atoms with Gasteiger partial charge < -0.3 is 5.32 Å². The second kappa shape index (κ2) is 7.38. The molecule has 4 bridgehead atoms. The van der Waals surface area contributed by atoms with Crippen molar-refractivity contribution >= 4 is 17.7 Å². The second-order valence-electron chi connectivity index (χ2n) is 9.43. The zero-order chi connectivity index (χ0) is 19.2. The lowest BCUT2D eigenvalue weighted by atomic mass is 9.48. The summed E-state index contributed by atoms with van der Waals surface area (Å²) in [5.74, 6) is 2.96. The number of carbonyl (C=O) groups excluding carboxylic acids is 1. The summed E-state index contributed by atoms with van der Waals surface area (Å²) in [6, 6.07) is 0.302. The number of carbonyl (C=O) groups is 1. The molecule has 148 valence electrons. The molecule has 0 saturated heterocycles. The van der Waals surface area contributed by atoms with Crippen LogP contribution in [-0.4, -0.2) is 28.2 Å². The van der Waals surface area contributed by atoms with Crippen LogP contribution in [0.3, 0.4) is 0 Å². The van der Waals surface area contributed by atoms with E-state index in [4.69, 9.17) is 0 Å². The summed E-state index contributed by atoms with van der Waals surface area (Å²) >= 11 is 1.56. The third-order valence-electron chi connectivity index (χ3n) is 7.57. The Morgan fingerprint density at radius 3 is 2.11 bits per heavy atom. The van der Waals surface area contributed by atoms with Gasteiger partial charge >= 0.3 is 0 Å². The summed E-state index contributed by atoms with van der Waals surface area (Å²) in [6.07, 6.45) is 11.6. The lowest BCUT2D eigenvalue weighted by Crippen LogP contribution is -2.55. The summed E-state index contributed by atoms with van der Waals surface area (Å²) in [4.78, 5) is 21.8. The van der Waals surface area contributed by atoms with Gasteiger partial charge in [-0.25, -0.2) is 9.97 Å². The maximum atomic E-state index is 12.7. The number of nitrogens with one attached hydrogen (secondary N) is 1. The fraction of sp³-hybridized carbons (Fsp3) is 0.773. The van der Waals surface area contributed by atoms with Crippen molar-refractivity contribution in [3.63, 3.8) is 0 Å². The molecule has 0 aliphatic heterocycles. The van der Waals surface area contributed by atoms with E-state index in [9.17, 15) is 4.79 Å². The van der Waals surface area contributed by atoms with Crippen LogP contribution < -0.4 is 5.32 Å². The summed E-state index contributed by atoms with van der Waals surface area (Å²) in [6.45, 7) is 6.32. The Balaban J connectivity index is 1.36. The Bertz CT molecular complexity index is 674. The third-order valence-corrected chi connectivity index (χ3v) is 8.11. The average molecular weight is 388 g/mol. The van der Waals surface area contributed by atoms with Gasteiger partial charge in [0.1, 0.15) is 0 Å². The standard InChI is InChI=1S/C22H33N3OS/c1-13-19(14(2)24-21(23-13)27-4)5-6-20(26)25-15(3)22-10-16-7-17(11-22)9-18(8-16)12-22/h15-18H,5-12H2,1-4H3,(H,25,26)/t15-,16?,17?,18?,22?/m1/s1. The lowest BCUT2D eigenvalue weighted by molar-refractivity contribution is -0.125. The van der Waals surface area contributed by atoms with E-state index in [0.29, 0.717) is 17.9 Å². The van der Waals surface area contributed by atoms with E-state index in [1.54, 1.807) is 11.8 Å². The molecule has 4 aliphatic rings. The van der Waals surface area contributed by atoms with Gasteiger partial charge in [0.2, 0.25) is 5.91 Å². The number of hydrogen-bond donors (Lipinski definition) is 1. The van der Waals surface area contributed by atoms with Crippen molar-refractivity contribution in [1.29, 1.82) is 0 Å². The van der Waals surface area contributed by atoms with Crippen LogP contribution in [0.4, 0.5) is 0 Å².